The van der Waals surface area contributed by atoms with Crippen LogP contribution in [0.25, 0.3) is 50.0 Å². The number of nitriles is 1. The third kappa shape index (κ3) is 8.05. The number of halogens is 16. The molecule has 0 fully saturated rings. The van der Waals surface area contributed by atoms with Crippen LogP contribution in [-0.4, -0.2) is 31.4 Å². The van der Waals surface area contributed by atoms with E-state index in [9.17, 15) is 57.9 Å². The van der Waals surface area contributed by atoms with Crippen molar-refractivity contribution in [1.29, 1.82) is 5.26 Å². The summed E-state index contributed by atoms with van der Waals surface area (Å²) < 4.78 is 223. The lowest BCUT2D eigenvalue weighted by atomic mass is 9.92. The molecule has 0 saturated carbocycles. The zero-order valence-corrected chi connectivity index (χ0v) is 30.6. The molecular formula is C40H12F16N8. The Morgan fingerprint density at radius 1 is 0.422 bits per heavy atom. The summed E-state index contributed by atoms with van der Waals surface area (Å²) in [5, 5.41) is 13.4. The molecule has 24 heteroatoms. The molecule has 0 spiro atoms. The van der Waals surface area contributed by atoms with Gasteiger partial charge in [0.1, 0.15) is 51.8 Å². The third-order valence-electron chi connectivity index (χ3n) is 9.19. The van der Waals surface area contributed by atoms with Crippen LogP contribution in [-0.2, 0) is 24.7 Å². The van der Waals surface area contributed by atoms with E-state index in [1.165, 1.54) is 6.19 Å². The van der Waals surface area contributed by atoms with Gasteiger partial charge < -0.3 is 0 Å². The normalized spacial score (nSPS) is 12.9. The van der Waals surface area contributed by atoms with Gasteiger partial charge in [-0.1, -0.05) is 24.3 Å². The lowest BCUT2D eigenvalue weighted by Gasteiger charge is -2.23. The highest BCUT2D eigenvalue weighted by Crippen LogP contribution is 2.42. The molecular weight excluding hydrogens is 896 g/mol. The van der Waals surface area contributed by atoms with Gasteiger partial charge in [-0.25, -0.2) is 37.5 Å². The predicted molar refractivity (Wildman–Crippen MR) is 189 cm³/mol. The van der Waals surface area contributed by atoms with E-state index in [0.29, 0.717) is 24.3 Å². The van der Waals surface area contributed by atoms with Crippen LogP contribution < -0.4 is 0 Å². The zero-order valence-electron chi connectivity index (χ0n) is 30.6. The smallest absolute Gasteiger partial charge is 0.241 e. The molecule has 0 atom stereocenters. The summed E-state index contributed by atoms with van der Waals surface area (Å²) in [5.74, 6) is -7.64. The van der Waals surface area contributed by atoms with Gasteiger partial charge in [0.2, 0.25) is 11.9 Å². The Balaban J connectivity index is 1.58. The van der Waals surface area contributed by atoms with Gasteiger partial charge >= 0.3 is 24.7 Å². The van der Waals surface area contributed by atoms with Crippen molar-refractivity contribution in [2.45, 2.75) is 24.7 Å². The number of aromatic nitrogens is 4. The lowest BCUT2D eigenvalue weighted by molar-refractivity contribution is -0.140. The molecule has 0 aliphatic heterocycles. The van der Waals surface area contributed by atoms with Crippen LogP contribution in [0.2, 0.25) is 0 Å². The van der Waals surface area contributed by atoms with Gasteiger partial charge in [-0.15, -0.1) is 4.95 Å². The highest BCUT2D eigenvalue weighted by Gasteiger charge is 2.41. The van der Waals surface area contributed by atoms with Crippen molar-refractivity contribution in [3.8, 4) is 51.2 Å². The molecule has 0 bridgehead atoms. The van der Waals surface area contributed by atoms with Crippen LogP contribution in [0.4, 0.5) is 70.2 Å². The average molecular weight is 909 g/mol. The van der Waals surface area contributed by atoms with Crippen molar-refractivity contribution >= 4 is 11.4 Å². The SMILES string of the molecule is [C-]#[N+]N=C1c2nc(-c3ccc(C(F)(F)F)c(F)c3)c(-c3ccc(C(F)(F)F)c(F)c3)nc2C(=NC#N)c2nc(-c3ccc(C(F)(F)F)c(F)c3)c(-c3ccc(C(F)(F)F)c(F)c3)nc21. The van der Waals surface area contributed by atoms with Gasteiger partial charge in [-0.3, -0.25) is 0 Å². The minimum Gasteiger partial charge on any atom is -0.241 e. The van der Waals surface area contributed by atoms with E-state index in [-0.39, 0.29) is 48.5 Å². The summed E-state index contributed by atoms with van der Waals surface area (Å²) in [6.07, 6.45) is -19.6. The number of rotatable bonds is 4. The van der Waals surface area contributed by atoms with Crippen LogP contribution >= 0.6 is 0 Å². The number of hydrogen-bond acceptors (Lipinski definition) is 7. The molecule has 64 heavy (non-hydrogen) atoms. The minimum absolute atomic E-state index is 0.251. The van der Waals surface area contributed by atoms with Crippen molar-refractivity contribution in [1.82, 2.24) is 19.9 Å². The molecule has 2 heterocycles. The second-order valence-electron chi connectivity index (χ2n) is 13.1. The van der Waals surface area contributed by atoms with E-state index >= 15 is 17.6 Å². The minimum atomic E-state index is -5.25. The summed E-state index contributed by atoms with van der Waals surface area (Å²) in [7, 11) is 0. The molecule has 0 radical (unpaired) electrons. The topological polar surface area (TPSA) is 104 Å². The first kappa shape index (κ1) is 44.3. The average Bonchev–Trinajstić information content (AvgIpc) is 3.19. The molecule has 6 aromatic rings. The van der Waals surface area contributed by atoms with E-state index in [2.05, 4.69) is 35.0 Å². The number of hydrogen-bond donors (Lipinski definition) is 0. The Labute approximate surface area is 345 Å². The second kappa shape index (κ2) is 15.5. The summed E-state index contributed by atoms with van der Waals surface area (Å²) in [6, 6.07) is 4.70. The van der Waals surface area contributed by atoms with Crippen LogP contribution in [0.3, 0.4) is 0 Å². The highest BCUT2D eigenvalue weighted by atomic mass is 19.4. The number of alkyl halides is 12. The summed E-state index contributed by atoms with van der Waals surface area (Å²) in [4.78, 5) is 23.6. The molecule has 0 saturated heterocycles. The van der Waals surface area contributed by atoms with Crippen LogP contribution in [0.1, 0.15) is 45.0 Å². The lowest BCUT2D eigenvalue weighted by Crippen LogP contribution is -2.29. The summed E-state index contributed by atoms with van der Waals surface area (Å²) >= 11 is 0. The van der Waals surface area contributed by atoms with Gasteiger partial charge in [0.15, 0.2) is 0 Å². The maximum absolute atomic E-state index is 15.1. The van der Waals surface area contributed by atoms with Crippen molar-refractivity contribution in [2.75, 3.05) is 0 Å². The third-order valence-corrected chi connectivity index (χ3v) is 9.19. The molecule has 8 nitrogen and oxygen atoms in total. The Hall–Kier alpha value is -7.76. The van der Waals surface area contributed by atoms with E-state index in [1.54, 1.807) is 0 Å². The van der Waals surface area contributed by atoms with E-state index < -0.39 is 149 Å². The van der Waals surface area contributed by atoms with E-state index in [0.717, 1.165) is 0 Å². The number of fused-ring (bicyclic) bond motifs is 2. The highest BCUT2D eigenvalue weighted by molar-refractivity contribution is 6.29. The van der Waals surface area contributed by atoms with Crippen molar-refractivity contribution in [3.63, 3.8) is 0 Å². The first-order chi connectivity index (χ1) is 29.8. The van der Waals surface area contributed by atoms with Gasteiger partial charge in [0.25, 0.3) is 0 Å². The first-order valence-corrected chi connectivity index (χ1v) is 17.1. The summed E-state index contributed by atoms with van der Waals surface area (Å²) in [6.45, 7) is 7.53. The van der Waals surface area contributed by atoms with Crippen LogP contribution in [0.5, 0.6) is 0 Å². The molecule has 0 unspecified atom stereocenters. The Kier molecular flexibility index (Phi) is 10.8. The zero-order chi connectivity index (χ0) is 46.8. The first-order valence-electron chi connectivity index (χ1n) is 17.1. The quantitative estimate of drug-likeness (QED) is 0.0757. The van der Waals surface area contributed by atoms with Gasteiger partial charge in [0, 0.05) is 22.3 Å². The molecule has 0 amide bonds. The molecule has 7 rings (SSSR count). The summed E-state index contributed by atoms with van der Waals surface area (Å²) in [5.41, 5.74) is -16.9. The van der Waals surface area contributed by atoms with E-state index in [4.69, 9.17) is 6.57 Å². The van der Waals surface area contributed by atoms with Crippen LogP contribution in [0, 0.1) is 41.3 Å². The maximum atomic E-state index is 15.1. The Morgan fingerprint density at radius 3 is 0.875 bits per heavy atom. The monoisotopic (exact) mass is 908 g/mol. The van der Waals surface area contributed by atoms with Crippen molar-refractivity contribution < 1.29 is 70.2 Å². The second-order valence-corrected chi connectivity index (χ2v) is 13.1. The fourth-order valence-corrected chi connectivity index (χ4v) is 6.43. The molecule has 2 aromatic heterocycles. The van der Waals surface area contributed by atoms with Gasteiger partial charge in [0.05, 0.1) is 50.1 Å². The predicted octanol–water partition coefficient (Wildman–Crippen LogP) is 11.9. The fraction of sp³-hybridized carbons (Fsp3) is 0.100. The standard InChI is InChI=1S/C40H12F16N8/c1-58-64-36-34-32(60-27(15-2-6-19(23(41)10-15)37(45,46)47)29(62-34)17-4-8-21(25(43)12-17)39(51,52)53)31(59-14-57)33-35(36)63-30(18-5-9-22(26(44)13-18)40(54,55)56)28(61-33)16-3-7-20(24(42)11-16)38(48,49)50/h2-13H. The number of aliphatic imine (C=N–C) groups is 1. The van der Waals surface area contributed by atoms with Gasteiger partial charge in [-0.05, 0) is 48.5 Å². The number of nitrogens with zero attached hydrogens (tertiary/aromatic N) is 8. The number of benzene rings is 4. The molecule has 1 aliphatic carbocycles. The van der Waals surface area contributed by atoms with Gasteiger partial charge in [-0.2, -0.15) is 69.5 Å². The molecule has 4 aromatic carbocycles. The van der Waals surface area contributed by atoms with Crippen molar-refractivity contribution in [3.05, 3.63) is 153 Å². The molecule has 324 valence electrons. The van der Waals surface area contributed by atoms with Crippen molar-refractivity contribution in [2.24, 2.45) is 10.1 Å². The Bertz CT molecular complexity index is 2690. The maximum Gasteiger partial charge on any atom is 0.419 e. The van der Waals surface area contributed by atoms with E-state index in [1.807, 2.05) is 0 Å². The molecule has 1 aliphatic rings. The molecule has 0 N–H and O–H groups in total. The Morgan fingerprint density at radius 2 is 0.672 bits per heavy atom. The largest absolute Gasteiger partial charge is 0.419 e. The fourth-order valence-electron chi connectivity index (χ4n) is 6.43. The van der Waals surface area contributed by atoms with Crippen LogP contribution in [0.15, 0.2) is 82.9 Å².